The van der Waals surface area contributed by atoms with Crippen molar-refractivity contribution >= 4 is 34.9 Å². The van der Waals surface area contributed by atoms with Crippen LogP contribution in [-0.4, -0.2) is 30.0 Å². The first-order chi connectivity index (χ1) is 7.31. The standard InChI is InChI=1S/C8H8N3O3S/c1-2-14-11-6(3-12)7-4-15-8(10-7)9-5-13/h4-5H,2H2,1H3,(H,9,10,13). The van der Waals surface area contributed by atoms with Crippen LogP contribution in [0.1, 0.15) is 12.6 Å². The number of rotatable bonds is 6. The zero-order valence-electron chi connectivity index (χ0n) is 7.89. The van der Waals surface area contributed by atoms with Gasteiger partial charge in [-0.2, -0.15) is 0 Å². The Labute approximate surface area is 90.0 Å². The van der Waals surface area contributed by atoms with Crippen molar-refractivity contribution in [3.63, 3.8) is 0 Å². The van der Waals surface area contributed by atoms with Crippen LogP contribution in [0, 0.1) is 0 Å². The Bertz CT molecular complexity index is 375. The van der Waals surface area contributed by atoms with Crippen LogP contribution in [0.2, 0.25) is 0 Å². The Kier molecular flexibility index (Phi) is 4.42. The Hall–Kier alpha value is -1.76. The third-order valence-electron chi connectivity index (χ3n) is 1.31. The molecule has 0 aromatic carbocycles. The van der Waals surface area contributed by atoms with Gasteiger partial charge in [-0.1, -0.05) is 5.16 Å². The molecule has 0 aliphatic rings. The van der Waals surface area contributed by atoms with Gasteiger partial charge in [-0.15, -0.1) is 11.3 Å². The lowest BCUT2D eigenvalue weighted by Gasteiger charge is -1.93. The van der Waals surface area contributed by atoms with E-state index >= 15 is 0 Å². The molecule has 0 aliphatic heterocycles. The van der Waals surface area contributed by atoms with Gasteiger partial charge in [0.15, 0.2) is 10.8 Å². The van der Waals surface area contributed by atoms with Gasteiger partial charge in [-0.25, -0.2) is 4.98 Å². The van der Waals surface area contributed by atoms with E-state index in [2.05, 4.69) is 15.5 Å². The van der Waals surface area contributed by atoms with E-state index in [1.54, 1.807) is 18.6 Å². The van der Waals surface area contributed by atoms with Crippen molar-refractivity contribution in [2.45, 2.75) is 6.92 Å². The quantitative estimate of drug-likeness (QED) is 0.436. The number of anilines is 1. The lowest BCUT2D eigenvalue weighted by molar-refractivity contribution is -0.105. The van der Waals surface area contributed by atoms with Gasteiger partial charge in [0.2, 0.25) is 6.41 Å². The molecular weight excluding hydrogens is 218 g/mol. The van der Waals surface area contributed by atoms with Gasteiger partial charge in [0, 0.05) is 5.38 Å². The van der Waals surface area contributed by atoms with Crippen LogP contribution in [0.3, 0.4) is 0 Å². The molecule has 7 heteroatoms. The molecule has 0 atom stereocenters. The smallest absolute Gasteiger partial charge is 0.259 e. The van der Waals surface area contributed by atoms with E-state index in [0.29, 0.717) is 23.8 Å². The normalized spacial score (nSPS) is 10.9. The fraction of sp³-hybridized carbons (Fsp3) is 0.250. The second kappa shape index (κ2) is 5.86. The van der Waals surface area contributed by atoms with E-state index in [9.17, 15) is 9.59 Å². The Morgan fingerprint density at radius 1 is 1.87 bits per heavy atom. The van der Waals surface area contributed by atoms with Crippen LogP contribution in [0.15, 0.2) is 10.5 Å². The Morgan fingerprint density at radius 3 is 3.27 bits per heavy atom. The van der Waals surface area contributed by atoms with Crippen molar-refractivity contribution < 1.29 is 14.4 Å². The molecule has 0 bridgehead atoms. The van der Waals surface area contributed by atoms with Crippen LogP contribution in [0.4, 0.5) is 5.13 Å². The number of nitrogens with zero attached hydrogens (tertiary/aromatic N) is 2. The van der Waals surface area contributed by atoms with E-state index in [4.69, 9.17) is 4.84 Å². The molecule has 0 saturated heterocycles. The van der Waals surface area contributed by atoms with E-state index in [1.807, 2.05) is 0 Å². The predicted molar refractivity (Wildman–Crippen MR) is 55.7 cm³/mol. The van der Waals surface area contributed by atoms with Crippen molar-refractivity contribution in [3.05, 3.63) is 11.1 Å². The van der Waals surface area contributed by atoms with Crippen LogP contribution in [0.5, 0.6) is 0 Å². The van der Waals surface area contributed by atoms with Crippen LogP contribution < -0.4 is 5.32 Å². The highest BCUT2D eigenvalue weighted by atomic mass is 32.1. The first kappa shape index (κ1) is 11.3. The molecule has 0 unspecified atom stereocenters. The molecule has 0 fully saturated rings. The zero-order chi connectivity index (χ0) is 11.1. The molecule has 1 heterocycles. The minimum Gasteiger partial charge on any atom is -0.395 e. The van der Waals surface area contributed by atoms with E-state index in [1.165, 1.54) is 11.3 Å². The first-order valence-corrected chi connectivity index (χ1v) is 4.94. The number of carbonyl (C=O) groups excluding carboxylic acids is 2. The van der Waals surface area contributed by atoms with Crippen molar-refractivity contribution in [2.75, 3.05) is 11.9 Å². The van der Waals surface area contributed by atoms with Crippen molar-refractivity contribution in [2.24, 2.45) is 5.16 Å². The summed E-state index contributed by atoms with van der Waals surface area (Å²) in [5.74, 6) is 0. The molecule has 1 aromatic heterocycles. The number of oxime groups is 1. The van der Waals surface area contributed by atoms with Crippen LogP contribution in [0.25, 0.3) is 0 Å². The van der Waals surface area contributed by atoms with Gasteiger partial charge in [0.1, 0.15) is 12.3 Å². The van der Waals surface area contributed by atoms with Gasteiger partial charge in [0.25, 0.3) is 6.29 Å². The number of hydrogen-bond acceptors (Lipinski definition) is 6. The van der Waals surface area contributed by atoms with Crippen molar-refractivity contribution in [1.29, 1.82) is 0 Å². The molecule has 15 heavy (non-hydrogen) atoms. The molecule has 1 rings (SSSR count). The average molecular weight is 226 g/mol. The topological polar surface area (TPSA) is 80.6 Å². The SMILES string of the molecule is CCON=C([C]=O)c1csc(NC=O)n1. The number of carbonyl (C=O) groups is 1. The molecule has 1 amide bonds. The monoisotopic (exact) mass is 226 g/mol. The third-order valence-corrected chi connectivity index (χ3v) is 2.08. The molecule has 1 N–H and O–H groups in total. The molecule has 1 radical (unpaired) electrons. The minimum atomic E-state index is -0.0213. The lowest BCUT2D eigenvalue weighted by Crippen LogP contribution is -2.04. The highest BCUT2D eigenvalue weighted by Crippen LogP contribution is 2.14. The predicted octanol–water partition coefficient (Wildman–Crippen LogP) is 0.562. The molecule has 79 valence electrons. The molecule has 0 saturated carbocycles. The van der Waals surface area contributed by atoms with E-state index in [-0.39, 0.29) is 5.71 Å². The number of nitrogens with one attached hydrogen (secondary N) is 1. The highest BCUT2D eigenvalue weighted by Gasteiger charge is 2.09. The second-order valence-corrected chi connectivity index (χ2v) is 3.12. The van der Waals surface area contributed by atoms with Crippen LogP contribution >= 0.6 is 11.3 Å². The average Bonchev–Trinajstić information content (AvgIpc) is 2.68. The van der Waals surface area contributed by atoms with Gasteiger partial charge in [0.05, 0.1) is 0 Å². The first-order valence-electron chi connectivity index (χ1n) is 4.06. The van der Waals surface area contributed by atoms with Gasteiger partial charge >= 0.3 is 0 Å². The largest absolute Gasteiger partial charge is 0.395 e. The fourth-order valence-corrected chi connectivity index (χ4v) is 1.40. The molecule has 0 spiro atoms. The zero-order valence-corrected chi connectivity index (χ0v) is 8.71. The molecule has 1 aromatic rings. The summed E-state index contributed by atoms with van der Waals surface area (Å²) in [4.78, 5) is 29.3. The lowest BCUT2D eigenvalue weighted by atomic mass is 10.3. The van der Waals surface area contributed by atoms with Gasteiger partial charge in [-0.05, 0) is 6.92 Å². The fourth-order valence-electron chi connectivity index (χ4n) is 0.746. The molecular formula is C8H8N3O3S. The second-order valence-electron chi connectivity index (χ2n) is 2.26. The van der Waals surface area contributed by atoms with E-state index < -0.39 is 0 Å². The summed E-state index contributed by atoms with van der Waals surface area (Å²) in [6.07, 6.45) is 2.12. The minimum absolute atomic E-state index is 0.0213. The maximum Gasteiger partial charge on any atom is 0.259 e. The van der Waals surface area contributed by atoms with Crippen molar-refractivity contribution in [1.82, 2.24) is 4.98 Å². The summed E-state index contributed by atoms with van der Waals surface area (Å²) < 4.78 is 0. The Balaban J connectivity index is 2.82. The summed E-state index contributed by atoms with van der Waals surface area (Å²) >= 11 is 1.18. The molecule has 0 aliphatic carbocycles. The maximum absolute atomic E-state index is 10.5. The highest BCUT2D eigenvalue weighted by molar-refractivity contribution is 7.14. The summed E-state index contributed by atoms with van der Waals surface area (Å²) in [6.45, 7) is 2.10. The number of hydrogen-bond donors (Lipinski definition) is 1. The summed E-state index contributed by atoms with van der Waals surface area (Å²) in [7, 11) is 0. The van der Waals surface area contributed by atoms with E-state index in [0.717, 1.165) is 0 Å². The maximum atomic E-state index is 10.5. The summed E-state index contributed by atoms with van der Waals surface area (Å²) in [5.41, 5.74) is 0.305. The number of amides is 1. The van der Waals surface area contributed by atoms with Crippen molar-refractivity contribution in [3.8, 4) is 0 Å². The van der Waals surface area contributed by atoms with Gasteiger partial charge < -0.3 is 10.2 Å². The van der Waals surface area contributed by atoms with Gasteiger partial charge in [-0.3, -0.25) is 9.59 Å². The summed E-state index contributed by atoms with van der Waals surface area (Å²) in [6, 6.07) is 0. The molecule has 6 nitrogen and oxygen atoms in total. The Morgan fingerprint density at radius 2 is 2.67 bits per heavy atom. The third kappa shape index (κ3) is 3.13. The van der Waals surface area contributed by atoms with Crippen LogP contribution in [-0.2, 0) is 14.4 Å². The summed E-state index contributed by atoms with van der Waals surface area (Å²) in [5, 5.41) is 7.86. The number of thiazole rings is 1. The number of aromatic nitrogens is 1.